The van der Waals surface area contributed by atoms with E-state index >= 15 is 0 Å². The lowest BCUT2D eigenvalue weighted by Gasteiger charge is -2.15. The summed E-state index contributed by atoms with van der Waals surface area (Å²) < 4.78 is 4.67. The van der Waals surface area contributed by atoms with E-state index in [-0.39, 0.29) is 46.8 Å². The molecule has 1 aliphatic heterocycles. The van der Waals surface area contributed by atoms with E-state index in [0.717, 1.165) is 0 Å². The van der Waals surface area contributed by atoms with Gasteiger partial charge in [-0.2, -0.15) is 0 Å². The van der Waals surface area contributed by atoms with Crippen molar-refractivity contribution in [2.45, 2.75) is 0 Å². The lowest BCUT2D eigenvalue weighted by Crippen LogP contribution is -2.31. The molecule has 7 nitrogen and oxygen atoms in total. The van der Waals surface area contributed by atoms with Crippen LogP contribution in [0.1, 0.15) is 0 Å². The largest absolute Gasteiger partial charge is 0.505 e. The van der Waals surface area contributed by atoms with Crippen LogP contribution in [0.2, 0.25) is 10.0 Å². The van der Waals surface area contributed by atoms with Gasteiger partial charge in [-0.3, -0.25) is 4.79 Å². The monoisotopic (exact) mass is 360 g/mol. The van der Waals surface area contributed by atoms with Crippen molar-refractivity contribution in [3.8, 4) is 5.75 Å². The summed E-state index contributed by atoms with van der Waals surface area (Å²) in [5, 5.41) is 21.3. The molecule has 1 amide bonds. The number of aliphatic hydroxyl groups is 1. The number of methoxy groups -OCH3 is 1. The smallest absolute Gasteiger partial charge is 0.337 e. The van der Waals surface area contributed by atoms with Crippen LogP contribution in [0.15, 0.2) is 23.4 Å². The Morgan fingerprint density at radius 2 is 2.00 bits per heavy atom. The molecule has 0 saturated carbocycles. The molecule has 1 aromatic rings. The molecule has 0 atom stereocenters. The Morgan fingerprint density at radius 3 is 2.52 bits per heavy atom. The van der Waals surface area contributed by atoms with Crippen molar-refractivity contribution in [2.75, 3.05) is 32.1 Å². The molecule has 0 unspecified atom stereocenters. The second-order valence-electron chi connectivity index (χ2n) is 4.71. The zero-order chi connectivity index (χ0) is 17.1. The van der Waals surface area contributed by atoms with Crippen LogP contribution in [0.25, 0.3) is 0 Å². The third-order valence-electron chi connectivity index (χ3n) is 3.24. The van der Waals surface area contributed by atoms with Crippen molar-refractivity contribution in [3.63, 3.8) is 0 Å². The SMILES string of the molecule is COC(=O)C1=C(Nc2cc(Cl)c(O)c(Cl)c2)C(=O)N(CCO)C1. The first-order valence-electron chi connectivity index (χ1n) is 6.55. The molecule has 1 aliphatic rings. The van der Waals surface area contributed by atoms with Crippen LogP contribution in [0.5, 0.6) is 5.75 Å². The second kappa shape index (κ2) is 7.08. The number of rotatable bonds is 5. The Hall–Kier alpha value is -1.96. The van der Waals surface area contributed by atoms with Crippen LogP contribution in [0.3, 0.4) is 0 Å². The molecule has 1 heterocycles. The molecule has 0 spiro atoms. The number of nitrogens with one attached hydrogen (secondary N) is 1. The summed E-state index contributed by atoms with van der Waals surface area (Å²) in [4.78, 5) is 25.5. The van der Waals surface area contributed by atoms with Crippen molar-refractivity contribution in [3.05, 3.63) is 33.4 Å². The standard InChI is InChI=1S/C14H14Cl2N2O5/c1-23-14(22)8-6-18(2-3-19)13(21)11(8)17-7-4-9(15)12(20)10(16)5-7/h4-5,17,19-20H,2-3,6H2,1H3. The van der Waals surface area contributed by atoms with Crippen molar-refractivity contribution >= 4 is 40.8 Å². The zero-order valence-corrected chi connectivity index (χ0v) is 13.6. The number of amides is 1. The number of halogens is 2. The summed E-state index contributed by atoms with van der Waals surface area (Å²) in [5.41, 5.74) is 0.475. The second-order valence-corrected chi connectivity index (χ2v) is 5.52. The van der Waals surface area contributed by atoms with E-state index in [1.807, 2.05) is 0 Å². The van der Waals surface area contributed by atoms with E-state index in [2.05, 4.69) is 10.1 Å². The van der Waals surface area contributed by atoms with Gasteiger partial charge in [-0.25, -0.2) is 4.79 Å². The van der Waals surface area contributed by atoms with Gasteiger partial charge in [0.15, 0.2) is 5.75 Å². The van der Waals surface area contributed by atoms with Gasteiger partial charge in [-0.15, -0.1) is 0 Å². The number of β-amino-alcohol motifs (C(OH)–C–C–N with tert-alkyl or cyclic N) is 1. The Bertz CT molecular complexity index is 667. The Labute approximate surface area is 142 Å². The van der Waals surface area contributed by atoms with Gasteiger partial charge in [0.05, 0.1) is 35.9 Å². The molecular weight excluding hydrogens is 347 g/mol. The minimum absolute atomic E-state index is 0.00196. The normalized spacial score (nSPS) is 14.4. The summed E-state index contributed by atoms with van der Waals surface area (Å²) in [6.45, 7) is -0.125. The lowest BCUT2D eigenvalue weighted by atomic mass is 10.2. The number of aromatic hydroxyl groups is 1. The van der Waals surface area contributed by atoms with Gasteiger partial charge >= 0.3 is 5.97 Å². The van der Waals surface area contributed by atoms with Crippen LogP contribution in [0.4, 0.5) is 5.69 Å². The number of esters is 1. The van der Waals surface area contributed by atoms with Gasteiger partial charge in [0.25, 0.3) is 5.91 Å². The zero-order valence-electron chi connectivity index (χ0n) is 12.1. The highest BCUT2D eigenvalue weighted by Gasteiger charge is 2.34. The maximum atomic E-state index is 12.3. The molecule has 0 saturated heterocycles. The maximum Gasteiger partial charge on any atom is 0.337 e. The number of phenolic OH excluding ortho intramolecular Hbond substituents is 1. The average molecular weight is 361 g/mol. The van der Waals surface area contributed by atoms with E-state index in [4.69, 9.17) is 28.3 Å². The highest BCUT2D eigenvalue weighted by molar-refractivity contribution is 6.37. The van der Waals surface area contributed by atoms with E-state index in [9.17, 15) is 14.7 Å². The van der Waals surface area contributed by atoms with Gasteiger partial charge in [-0.05, 0) is 12.1 Å². The molecule has 0 radical (unpaired) electrons. The molecule has 0 bridgehead atoms. The van der Waals surface area contributed by atoms with E-state index < -0.39 is 11.9 Å². The number of hydrogen-bond acceptors (Lipinski definition) is 6. The summed E-state index contributed by atoms with van der Waals surface area (Å²) >= 11 is 11.7. The fourth-order valence-corrected chi connectivity index (χ4v) is 2.62. The number of nitrogens with zero attached hydrogens (tertiary/aromatic N) is 1. The number of hydrogen-bond donors (Lipinski definition) is 3. The Balaban J connectivity index is 2.37. The molecule has 3 N–H and O–H groups in total. The summed E-state index contributed by atoms with van der Waals surface area (Å²) in [7, 11) is 1.21. The highest BCUT2D eigenvalue weighted by Crippen LogP contribution is 2.35. The van der Waals surface area contributed by atoms with Crippen LogP contribution in [0, 0.1) is 0 Å². The molecule has 124 valence electrons. The number of anilines is 1. The third kappa shape index (κ3) is 3.52. The van der Waals surface area contributed by atoms with E-state index in [1.54, 1.807) is 0 Å². The van der Waals surface area contributed by atoms with Gasteiger partial charge in [0, 0.05) is 12.2 Å². The molecule has 9 heteroatoms. The lowest BCUT2D eigenvalue weighted by molar-refractivity contribution is -0.136. The number of benzene rings is 1. The van der Waals surface area contributed by atoms with Crippen molar-refractivity contribution in [1.82, 2.24) is 4.90 Å². The first-order valence-corrected chi connectivity index (χ1v) is 7.31. The van der Waals surface area contributed by atoms with Crippen LogP contribution < -0.4 is 5.32 Å². The number of carbonyl (C=O) groups is 2. The molecule has 0 fully saturated rings. The number of aliphatic hydroxyl groups excluding tert-OH is 1. The minimum Gasteiger partial charge on any atom is -0.505 e. The fraction of sp³-hybridized carbons (Fsp3) is 0.286. The first kappa shape index (κ1) is 17.4. The summed E-state index contributed by atoms with van der Waals surface area (Å²) in [6, 6.07) is 2.74. The van der Waals surface area contributed by atoms with Gasteiger partial charge in [-0.1, -0.05) is 23.2 Å². The van der Waals surface area contributed by atoms with E-state index in [0.29, 0.717) is 5.69 Å². The topological polar surface area (TPSA) is 99.1 Å². The maximum absolute atomic E-state index is 12.3. The van der Waals surface area contributed by atoms with Crippen molar-refractivity contribution in [1.29, 1.82) is 0 Å². The fourth-order valence-electron chi connectivity index (χ4n) is 2.13. The molecule has 1 aromatic carbocycles. The van der Waals surface area contributed by atoms with E-state index in [1.165, 1.54) is 24.1 Å². The average Bonchev–Trinajstić information content (AvgIpc) is 2.81. The molecule has 0 aromatic heterocycles. The number of phenols is 1. The quantitative estimate of drug-likeness (QED) is 0.541. The minimum atomic E-state index is -0.655. The van der Waals surface area contributed by atoms with Gasteiger partial charge in [0.1, 0.15) is 5.70 Å². The molecule has 2 rings (SSSR count). The number of ether oxygens (including phenoxy) is 1. The Morgan fingerprint density at radius 1 is 1.39 bits per heavy atom. The predicted octanol–water partition coefficient (Wildman–Crippen LogP) is 1.37. The predicted molar refractivity (Wildman–Crippen MR) is 84.5 cm³/mol. The first-order chi connectivity index (χ1) is 10.9. The summed E-state index contributed by atoms with van der Waals surface area (Å²) in [5.74, 6) is -1.39. The van der Waals surface area contributed by atoms with Gasteiger partial charge < -0.3 is 25.2 Å². The molecular formula is C14H14Cl2N2O5. The third-order valence-corrected chi connectivity index (χ3v) is 3.82. The molecule has 23 heavy (non-hydrogen) atoms. The number of carbonyl (C=O) groups excluding carboxylic acids is 2. The van der Waals surface area contributed by atoms with Crippen LogP contribution in [-0.2, 0) is 14.3 Å². The van der Waals surface area contributed by atoms with Crippen molar-refractivity contribution < 1.29 is 24.5 Å². The summed E-state index contributed by atoms with van der Waals surface area (Å²) in [6.07, 6.45) is 0. The van der Waals surface area contributed by atoms with Gasteiger partial charge in [0.2, 0.25) is 0 Å². The Kier molecular flexibility index (Phi) is 5.35. The highest BCUT2D eigenvalue weighted by atomic mass is 35.5. The van der Waals surface area contributed by atoms with Crippen molar-refractivity contribution in [2.24, 2.45) is 0 Å². The van der Waals surface area contributed by atoms with Crippen LogP contribution >= 0.6 is 23.2 Å². The molecule has 0 aliphatic carbocycles. The van der Waals surface area contributed by atoms with Crippen LogP contribution in [-0.4, -0.2) is 53.8 Å².